The summed E-state index contributed by atoms with van der Waals surface area (Å²) in [4.78, 5) is 1.07. The first-order valence-corrected chi connectivity index (χ1v) is 10.1. The molecule has 2 rings (SSSR count). The van der Waals surface area contributed by atoms with E-state index in [-0.39, 0.29) is 0 Å². The largest absolute Gasteiger partial charge is 0.465 e. The van der Waals surface area contributed by atoms with Crippen LogP contribution >= 0.6 is 11.3 Å². The minimum Gasteiger partial charge on any atom is -0.465 e. The maximum Gasteiger partial charge on any atom is 0.252 e. The summed E-state index contributed by atoms with van der Waals surface area (Å²) in [6, 6.07) is 7.52. The third-order valence-corrected chi connectivity index (χ3v) is 7.24. The lowest BCUT2D eigenvalue weighted by Crippen LogP contribution is -2.29. The standard InChI is InChI=1S/C16H24N2O3S2/c1-4-18(5-2)23(19,20)16-9-8-15(22-16)10-11-17-12-14-7-6-13(3)21-14/h6-9,17H,4-5,10-12H2,1-3H3. The summed E-state index contributed by atoms with van der Waals surface area (Å²) in [5.41, 5.74) is 0. The Labute approximate surface area is 142 Å². The quantitative estimate of drug-likeness (QED) is 0.702. The van der Waals surface area contributed by atoms with E-state index in [4.69, 9.17) is 4.42 Å². The van der Waals surface area contributed by atoms with Crippen molar-refractivity contribution in [1.82, 2.24) is 9.62 Å². The van der Waals surface area contributed by atoms with Gasteiger partial charge in [-0.15, -0.1) is 11.3 Å². The third kappa shape index (κ3) is 4.67. The van der Waals surface area contributed by atoms with Crippen LogP contribution in [0.5, 0.6) is 0 Å². The molecule has 0 saturated carbocycles. The van der Waals surface area contributed by atoms with Gasteiger partial charge in [0.25, 0.3) is 10.0 Å². The Morgan fingerprint density at radius 3 is 2.52 bits per heavy atom. The minimum absolute atomic E-state index is 0.429. The molecule has 0 aliphatic rings. The number of hydrogen-bond donors (Lipinski definition) is 1. The number of thiophene rings is 1. The van der Waals surface area contributed by atoms with Gasteiger partial charge in [-0.25, -0.2) is 8.42 Å². The van der Waals surface area contributed by atoms with E-state index in [1.807, 2.05) is 39.0 Å². The van der Waals surface area contributed by atoms with Crippen molar-refractivity contribution in [2.75, 3.05) is 19.6 Å². The topological polar surface area (TPSA) is 62.6 Å². The zero-order chi connectivity index (χ0) is 16.9. The number of furan rings is 1. The van der Waals surface area contributed by atoms with Crippen molar-refractivity contribution in [3.05, 3.63) is 40.7 Å². The highest BCUT2D eigenvalue weighted by atomic mass is 32.2. The van der Waals surface area contributed by atoms with Crippen molar-refractivity contribution >= 4 is 21.4 Å². The van der Waals surface area contributed by atoms with Gasteiger partial charge in [-0.05, 0) is 37.6 Å². The maximum absolute atomic E-state index is 12.4. The Morgan fingerprint density at radius 2 is 1.91 bits per heavy atom. The fourth-order valence-corrected chi connectivity index (χ4v) is 5.29. The zero-order valence-electron chi connectivity index (χ0n) is 13.8. The summed E-state index contributed by atoms with van der Waals surface area (Å²) in [7, 11) is -3.33. The van der Waals surface area contributed by atoms with Crippen LogP contribution in [0.15, 0.2) is 32.9 Å². The predicted molar refractivity (Wildman–Crippen MR) is 93.3 cm³/mol. The predicted octanol–water partition coefficient (Wildman–Crippen LogP) is 3.01. The molecule has 0 radical (unpaired) electrons. The Kier molecular flexibility index (Phi) is 6.41. The van der Waals surface area contributed by atoms with E-state index in [0.29, 0.717) is 23.8 Å². The molecule has 0 spiro atoms. The zero-order valence-corrected chi connectivity index (χ0v) is 15.5. The number of sulfonamides is 1. The molecular formula is C16H24N2O3S2. The van der Waals surface area contributed by atoms with Crippen molar-refractivity contribution in [3.8, 4) is 0 Å². The molecule has 0 unspecified atom stereocenters. The molecule has 0 aliphatic carbocycles. The molecule has 128 valence electrons. The van der Waals surface area contributed by atoms with Crippen LogP contribution in [0.2, 0.25) is 0 Å². The van der Waals surface area contributed by atoms with Crippen LogP contribution in [0, 0.1) is 6.92 Å². The molecule has 1 N–H and O–H groups in total. The van der Waals surface area contributed by atoms with Crippen LogP contribution in [-0.2, 0) is 23.0 Å². The summed E-state index contributed by atoms with van der Waals surface area (Å²) in [5.74, 6) is 1.82. The Balaban J connectivity index is 1.87. The maximum atomic E-state index is 12.4. The summed E-state index contributed by atoms with van der Waals surface area (Å²) in [6.07, 6.45) is 0.804. The SMILES string of the molecule is CCN(CC)S(=O)(=O)c1ccc(CCNCc2ccc(C)o2)s1. The van der Waals surface area contributed by atoms with Gasteiger partial charge in [0, 0.05) is 24.5 Å². The molecule has 2 heterocycles. The van der Waals surface area contributed by atoms with Crippen LogP contribution in [0.4, 0.5) is 0 Å². The smallest absolute Gasteiger partial charge is 0.252 e. The second-order valence-electron chi connectivity index (χ2n) is 5.25. The summed E-state index contributed by atoms with van der Waals surface area (Å²) >= 11 is 1.36. The lowest BCUT2D eigenvalue weighted by molar-refractivity contribution is 0.447. The lowest BCUT2D eigenvalue weighted by Gasteiger charge is -2.16. The molecule has 5 nitrogen and oxygen atoms in total. The Bertz CT molecular complexity index is 715. The highest BCUT2D eigenvalue weighted by Crippen LogP contribution is 2.25. The lowest BCUT2D eigenvalue weighted by atomic mass is 10.3. The molecule has 0 aromatic carbocycles. The fraction of sp³-hybridized carbons (Fsp3) is 0.500. The van der Waals surface area contributed by atoms with Crippen molar-refractivity contribution in [1.29, 1.82) is 0 Å². The van der Waals surface area contributed by atoms with Crippen LogP contribution in [0.1, 0.15) is 30.2 Å². The molecule has 0 bridgehead atoms. The van der Waals surface area contributed by atoms with E-state index in [2.05, 4.69) is 5.32 Å². The minimum atomic E-state index is -3.33. The molecule has 0 atom stereocenters. The molecular weight excluding hydrogens is 332 g/mol. The van der Waals surface area contributed by atoms with Gasteiger partial charge >= 0.3 is 0 Å². The van der Waals surface area contributed by atoms with E-state index in [0.717, 1.165) is 29.4 Å². The molecule has 7 heteroatoms. The number of nitrogens with zero attached hydrogens (tertiary/aromatic N) is 1. The Hall–Kier alpha value is -1.15. The third-order valence-electron chi connectivity index (χ3n) is 3.58. The van der Waals surface area contributed by atoms with Crippen LogP contribution in [0.25, 0.3) is 0 Å². The van der Waals surface area contributed by atoms with Crippen LogP contribution < -0.4 is 5.32 Å². The van der Waals surface area contributed by atoms with E-state index in [1.54, 1.807) is 6.07 Å². The first kappa shape index (κ1) is 18.2. The van der Waals surface area contributed by atoms with E-state index >= 15 is 0 Å². The second kappa shape index (κ2) is 8.10. The van der Waals surface area contributed by atoms with Crippen LogP contribution in [0.3, 0.4) is 0 Å². The van der Waals surface area contributed by atoms with Crippen molar-refractivity contribution < 1.29 is 12.8 Å². The molecule has 2 aromatic heterocycles. The highest BCUT2D eigenvalue weighted by molar-refractivity contribution is 7.91. The van der Waals surface area contributed by atoms with Gasteiger partial charge in [0.2, 0.25) is 0 Å². The van der Waals surface area contributed by atoms with E-state index in [9.17, 15) is 8.42 Å². The van der Waals surface area contributed by atoms with Gasteiger partial charge in [-0.1, -0.05) is 13.8 Å². The first-order chi connectivity index (χ1) is 11.0. The first-order valence-electron chi connectivity index (χ1n) is 7.82. The van der Waals surface area contributed by atoms with Crippen LogP contribution in [-0.4, -0.2) is 32.4 Å². The number of nitrogens with one attached hydrogen (secondary N) is 1. The van der Waals surface area contributed by atoms with Crippen molar-refractivity contribution in [3.63, 3.8) is 0 Å². The van der Waals surface area contributed by atoms with Gasteiger partial charge in [-0.3, -0.25) is 0 Å². The average Bonchev–Trinajstić information content (AvgIpc) is 3.14. The number of aryl methyl sites for hydroxylation is 1. The molecule has 0 fully saturated rings. The molecule has 23 heavy (non-hydrogen) atoms. The number of hydrogen-bond acceptors (Lipinski definition) is 5. The van der Waals surface area contributed by atoms with Gasteiger partial charge in [0.15, 0.2) is 0 Å². The van der Waals surface area contributed by atoms with Gasteiger partial charge in [-0.2, -0.15) is 4.31 Å². The highest BCUT2D eigenvalue weighted by Gasteiger charge is 2.23. The summed E-state index contributed by atoms with van der Waals surface area (Å²) in [5, 5.41) is 3.31. The van der Waals surface area contributed by atoms with Crippen molar-refractivity contribution in [2.45, 2.75) is 37.9 Å². The van der Waals surface area contributed by atoms with E-state index in [1.165, 1.54) is 15.6 Å². The molecule has 0 amide bonds. The summed E-state index contributed by atoms with van der Waals surface area (Å²) < 4.78 is 32.3. The van der Waals surface area contributed by atoms with E-state index < -0.39 is 10.0 Å². The average molecular weight is 357 g/mol. The number of rotatable bonds is 9. The normalized spacial score (nSPS) is 12.2. The molecule has 0 saturated heterocycles. The second-order valence-corrected chi connectivity index (χ2v) is 8.58. The molecule has 0 aliphatic heterocycles. The fourth-order valence-electron chi connectivity index (χ4n) is 2.33. The molecule has 2 aromatic rings. The van der Waals surface area contributed by atoms with Gasteiger partial charge < -0.3 is 9.73 Å². The van der Waals surface area contributed by atoms with Gasteiger partial charge in [0.05, 0.1) is 6.54 Å². The summed E-state index contributed by atoms with van der Waals surface area (Å²) in [6.45, 7) is 8.10. The van der Waals surface area contributed by atoms with Crippen molar-refractivity contribution in [2.24, 2.45) is 0 Å². The monoisotopic (exact) mass is 356 g/mol. The van der Waals surface area contributed by atoms with Gasteiger partial charge in [0.1, 0.15) is 15.7 Å². The Morgan fingerprint density at radius 1 is 1.17 bits per heavy atom.